The van der Waals surface area contributed by atoms with Crippen LogP contribution in [0.3, 0.4) is 0 Å². The summed E-state index contributed by atoms with van der Waals surface area (Å²) >= 11 is 0. The minimum absolute atomic E-state index is 0.00418. The molecule has 0 aromatic rings. The number of aliphatic hydroxyl groups excluding tert-OH is 1. The molecular weight excluding hydrogens is 492 g/mol. The molecular formula is C29H40O9. The number of cyclic esters (lactones) is 1. The molecule has 7 aliphatic rings. The first kappa shape index (κ1) is 25.6. The third-order valence-electron chi connectivity index (χ3n) is 12.1. The van der Waals surface area contributed by atoms with Gasteiger partial charge in [0.25, 0.3) is 0 Å². The van der Waals surface area contributed by atoms with Crippen molar-refractivity contribution >= 4 is 12.3 Å². The quantitative estimate of drug-likeness (QED) is 0.278. The number of hydrogen-bond acceptors (Lipinski definition) is 9. The lowest BCUT2D eigenvalue weighted by Crippen LogP contribution is -2.71. The normalized spacial score (nSPS) is 57.4. The highest BCUT2D eigenvalue weighted by atomic mass is 16.8. The van der Waals surface area contributed by atoms with Crippen LogP contribution in [0.15, 0.2) is 11.6 Å². The zero-order valence-electron chi connectivity index (χ0n) is 22.2. The van der Waals surface area contributed by atoms with Gasteiger partial charge in [-0.2, -0.15) is 0 Å². The lowest BCUT2D eigenvalue weighted by Gasteiger charge is -2.64. The maximum Gasteiger partial charge on any atom is 0.331 e. The van der Waals surface area contributed by atoms with E-state index in [1.165, 1.54) is 0 Å². The maximum atomic E-state index is 13.1. The monoisotopic (exact) mass is 532 g/mol. The molecule has 7 rings (SSSR count). The fourth-order valence-electron chi connectivity index (χ4n) is 10.2. The minimum Gasteiger partial charge on any atom is -0.458 e. The Hall–Kier alpha value is -1.36. The van der Waals surface area contributed by atoms with E-state index < -0.39 is 35.3 Å². The first-order chi connectivity index (χ1) is 18.0. The van der Waals surface area contributed by atoms with Gasteiger partial charge in [-0.25, -0.2) is 4.79 Å². The number of ether oxygens (including phenoxy) is 4. The largest absolute Gasteiger partial charge is 0.458 e. The van der Waals surface area contributed by atoms with Gasteiger partial charge in [0.05, 0.1) is 23.9 Å². The first-order valence-electron chi connectivity index (χ1n) is 14.5. The van der Waals surface area contributed by atoms with E-state index in [2.05, 4.69) is 6.92 Å². The molecule has 210 valence electrons. The van der Waals surface area contributed by atoms with Crippen molar-refractivity contribution in [1.82, 2.24) is 0 Å². The second kappa shape index (κ2) is 8.33. The van der Waals surface area contributed by atoms with Crippen LogP contribution in [0.4, 0.5) is 0 Å². The lowest BCUT2D eigenvalue weighted by molar-refractivity contribution is -0.457. The first-order valence-corrected chi connectivity index (χ1v) is 14.5. The van der Waals surface area contributed by atoms with E-state index >= 15 is 0 Å². The summed E-state index contributed by atoms with van der Waals surface area (Å²) in [5.74, 6) is -2.11. The van der Waals surface area contributed by atoms with Crippen LogP contribution < -0.4 is 0 Å². The van der Waals surface area contributed by atoms with Gasteiger partial charge in [0.1, 0.15) is 19.0 Å². The van der Waals surface area contributed by atoms with Crippen molar-refractivity contribution in [2.24, 2.45) is 34.5 Å². The van der Waals surface area contributed by atoms with Crippen molar-refractivity contribution in [2.45, 2.75) is 114 Å². The van der Waals surface area contributed by atoms with Crippen molar-refractivity contribution in [2.75, 3.05) is 6.61 Å². The zero-order chi connectivity index (χ0) is 26.7. The van der Waals surface area contributed by atoms with Crippen LogP contribution in [0.2, 0.25) is 0 Å². The molecule has 4 saturated carbocycles. The Labute approximate surface area is 222 Å². The molecule has 9 heteroatoms. The molecule has 9 nitrogen and oxygen atoms in total. The van der Waals surface area contributed by atoms with Crippen LogP contribution >= 0.6 is 0 Å². The van der Waals surface area contributed by atoms with E-state index in [1.54, 1.807) is 6.08 Å². The van der Waals surface area contributed by atoms with Crippen LogP contribution in [0.1, 0.15) is 71.6 Å². The van der Waals surface area contributed by atoms with Crippen LogP contribution in [-0.2, 0) is 28.5 Å². The fourth-order valence-corrected chi connectivity index (χ4v) is 10.2. The molecule has 0 spiro atoms. The highest BCUT2D eigenvalue weighted by molar-refractivity contribution is 5.85. The summed E-state index contributed by atoms with van der Waals surface area (Å²) in [5.41, 5.74) is -1.01. The number of carbonyl (C=O) groups excluding carboxylic acids is 2. The molecule has 3 aliphatic heterocycles. The molecule has 0 aromatic carbocycles. The molecule has 0 unspecified atom stereocenters. The van der Waals surface area contributed by atoms with Gasteiger partial charge in [-0.05, 0) is 87.5 Å². The summed E-state index contributed by atoms with van der Waals surface area (Å²) in [4.78, 5) is 24.9. The second-order valence-electron chi connectivity index (χ2n) is 13.6. The SMILES string of the molecule is C[C@@H]1C[C@H](O)[C@]2(O)O[C@@H]3C[C@@]4(C=O)[C@@H](CC[C@@H]5[C@H]4CC[C@]4(C)[C@@H](C6=CC(=O)OC6)CC[C@]54O)C[C@H]3O[C@@H]2O1. The van der Waals surface area contributed by atoms with Crippen molar-refractivity contribution in [3.8, 4) is 0 Å². The average molecular weight is 533 g/mol. The number of hydrogen-bond donors (Lipinski definition) is 3. The van der Waals surface area contributed by atoms with Gasteiger partial charge in [0.15, 0.2) is 0 Å². The molecule has 4 aliphatic carbocycles. The number of carbonyl (C=O) groups is 2. The molecule has 0 bridgehead atoms. The second-order valence-corrected chi connectivity index (χ2v) is 13.6. The van der Waals surface area contributed by atoms with E-state index in [0.717, 1.165) is 44.0 Å². The van der Waals surface area contributed by atoms with E-state index in [0.29, 0.717) is 25.9 Å². The van der Waals surface area contributed by atoms with Crippen LogP contribution in [0.25, 0.3) is 0 Å². The number of esters is 1. The highest BCUT2D eigenvalue weighted by Gasteiger charge is 2.70. The van der Waals surface area contributed by atoms with Crippen molar-refractivity contribution in [3.63, 3.8) is 0 Å². The Balaban J connectivity index is 1.18. The number of rotatable bonds is 2. The molecule has 0 radical (unpaired) electrons. The van der Waals surface area contributed by atoms with Crippen LogP contribution in [0, 0.1) is 34.5 Å². The summed E-state index contributed by atoms with van der Waals surface area (Å²) in [6.07, 6.45) is 5.34. The molecule has 0 aromatic heterocycles. The van der Waals surface area contributed by atoms with E-state index in [1.807, 2.05) is 6.92 Å². The zero-order valence-corrected chi connectivity index (χ0v) is 22.2. The summed E-state index contributed by atoms with van der Waals surface area (Å²) in [5, 5.41) is 34.4. The summed E-state index contributed by atoms with van der Waals surface area (Å²) in [6, 6.07) is 0. The summed E-state index contributed by atoms with van der Waals surface area (Å²) in [7, 11) is 0. The lowest BCUT2D eigenvalue weighted by atomic mass is 9.42. The van der Waals surface area contributed by atoms with Crippen LogP contribution in [-0.4, -0.2) is 76.3 Å². The van der Waals surface area contributed by atoms with E-state index in [4.69, 9.17) is 18.9 Å². The third kappa shape index (κ3) is 3.20. The van der Waals surface area contributed by atoms with Gasteiger partial charge in [-0.1, -0.05) is 6.92 Å². The van der Waals surface area contributed by atoms with Gasteiger partial charge in [-0.15, -0.1) is 0 Å². The Morgan fingerprint density at radius 1 is 1.03 bits per heavy atom. The van der Waals surface area contributed by atoms with Gasteiger partial charge >= 0.3 is 5.97 Å². The predicted molar refractivity (Wildman–Crippen MR) is 131 cm³/mol. The third-order valence-corrected chi connectivity index (χ3v) is 12.1. The molecule has 6 fully saturated rings. The van der Waals surface area contributed by atoms with Crippen LogP contribution in [0.5, 0.6) is 0 Å². The maximum absolute atomic E-state index is 13.1. The Bertz CT molecular complexity index is 1060. The standard InChI is InChI=1S/C29H40O9/c1-15-9-23(31)29(34)25(36-15)37-21-11-17-3-4-20-19(27(17,14-30)12-22(21)38-29)5-7-26(2)18(6-8-28(20,26)33)16-10-24(32)35-13-16/h10,14-15,17-23,25,31,33-34H,3-9,11-13H2,1-2H3/t15-,17+,18-,19-,20-,21-,22-,23+,25+,26-,27-,28+,29+/m1/s1. The predicted octanol–water partition coefficient (Wildman–Crippen LogP) is 2.00. The minimum atomic E-state index is -1.96. The molecule has 13 atom stereocenters. The molecule has 2 saturated heterocycles. The molecule has 38 heavy (non-hydrogen) atoms. The van der Waals surface area contributed by atoms with Gasteiger partial charge < -0.3 is 39.1 Å². The smallest absolute Gasteiger partial charge is 0.331 e. The van der Waals surface area contributed by atoms with Crippen molar-refractivity contribution < 1.29 is 43.9 Å². The Morgan fingerprint density at radius 3 is 2.58 bits per heavy atom. The Kier molecular flexibility index (Phi) is 5.61. The van der Waals surface area contributed by atoms with E-state index in [9.17, 15) is 24.9 Å². The fraction of sp³-hybridized carbons (Fsp3) is 0.862. The average Bonchev–Trinajstić information content (AvgIpc) is 3.42. The van der Waals surface area contributed by atoms with Crippen molar-refractivity contribution in [3.05, 3.63) is 11.6 Å². The number of aliphatic hydroxyl groups is 3. The number of aldehydes is 1. The summed E-state index contributed by atoms with van der Waals surface area (Å²) < 4.78 is 23.5. The molecule has 0 amide bonds. The highest BCUT2D eigenvalue weighted by Crippen LogP contribution is 2.70. The van der Waals surface area contributed by atoms with E-state index in [-0.39, 0.29) is 53.7 Å². The van der Waals surface area contributed by atoms with Crippen molar-refractivity contribution in [1.29, 1.82) is 0 Å². The molecule has 3 N–H and O–H groups in total. The van der Waals surface area contributed by atoms with Gasteiger partial charge in [0, 0.05) is 23.3 Å². The van der Waals surface area contributed by atoms with Gasteiger partial charge in [0.2, 0.25) is 12.1 Å². The van der Waals surface area contributed by atoms with Gasteiger partial charge in [-0.3, -0.25) is 0 Å². The summed E-state index contributed by atoms with van der Waals surface area (Å²) in [6.45, 7) is 4.31. The number of fused-ring (bicyclic) bond motifs is 7. The topological polar surface area (TPSA) is 132 Å². The Morgan fingerprint density at radius 2 is 1.84 bits per heavy atom. The molecule has 3 heterocycles.